The molecule has 2 aromatic heterocycles. The van der Waals surface area contributed by atoms with Gasteiger partial charge in [0.1, 0.15) is 11.6 Å². The third-order valence-corrected chi connectivity index (χ3v) is 9.96. The highest BCUT2D eigenvalue weighted by Gasteiger charge is 2.33. The Kier molecular flexibility index (Phi) is 6.39. The van der Waals surface area contributed by atoms with Crippen LogP contribution in [-0.2, 0) is 11.8 Å². The Bertz CT molecular complexity index is 1790. The summed E-state index contributed by atoms with van der Waals surface area (Å²) in [6.07, 6.45) is 4.10. The molecule has 2 aromatic carbocycles. The van der Waals surface area contributed by atoms with Gasteiger partial charge in [0, 0.05) is 66.9 Å². The van der Waals surface area contributed by atoms with Crippen molar-refractivity contribution in [2.75, 3.05) is 56.5 Å². The lowest BCUT2D eigenvalue weighted by atomic mass is 9.95. The lowest BCUT2D eigenvalue weighted by molar-refractivity contribution is -0.126. The van der Waals surface area contributed by atoms with Crippen LogP contribution in [0.2, 0.25) is 0 Å². The van der Waals surface area contributed by atoms with Gasteiger partial charge in [0.25, 0.3) is 0 Å². The van der Waals surface area contributed by atoms with Gasteiger partial charge < -0.3 is 14.7 Å². The molecule has 0 bridgehead atoms. The Morgan fingerprint density at radius 2 is 1.93 bits per heavy atom. The molecule has 9 nitrogen and oxygen atoms in total. The number of carbonyl (C=O) groups is 1. The van der Waals surface area contributed by atoms with E-state index in [1.165, 1.54) is 18.6 Å². The fourth-order valence-corrected chi connectivity index (χ4v) is 7.89. The Labute approximate surface area is 241 Å². The van der Waals surface area contributed by atoms with Gasteiger partial charge in [-0.1, -0.05) is 6.58 Å². The van der Waals surface area contributed by atoms with Gasteiger partial charge in [-0.15, -0.1) is 11.8 Å². The molecule has 1 unspecified atom stereocenters. The van der Waals surface area contributed by atoms with Crippen LogP contribution < -0.4 is 10.6 Å². The molecule has 0 spiro atoms. The van der Waals surface area contributed by atoms with Crippen molar-refractivity contribution in [1.82, 2.24) is 29.1 Å². The summed E-state index contributed by atoms with van der Waals surface area (Å²) in [6, 6.07) is 5.47. The van der Waals surface area contributed by atoms with E-state index >= 15 is 0 Å². The summed E-state index contributed by atoms with van der Waals surface area (Å²) in [6.45, 7) is 10.9. The van der Waals surface area contributed by atoms with E-state index in [9.17, 15) is 14.0 Å². The van der Waals surface area contributed by atoms with Crippen LogP contribution >= 0.6 is 11.8 Å². The number of nitrogens with zero attached hydrogens (tertiary/aromatic N) is 7. The van der Waals surface area contributed by atoms with Crippen LogP contribution in [0, 0.1) is 12.7 Å². The van der Waals surface area contributed by atoms with Crippen molar-refractivity contribution >= 4 is 45.3 Å². The number of hydrogen-bond donors (Lipinski definition) is 0. The topological polar surface area (TPSA) is 79.5 Å². The van der Waals surface area contributed by atoms with Gasteiger partial charge in [-0.25, -0.2) is 9.18 Å². The molecule has 0 N–H and O–H groups in total. The highest BCUT2D eigenvalue weighted by atomic mass is 32.2. The van der Waals surface area contributed by atoms with E-state index < -0.39 is 0 Å². The smallest absolute Gasteiger partial charge is 0.350 e. The quantitative estimate of drug-likeness (QED) is 0.338. The predicted molar refractivity (Wildman–Crippen MR) is 160 cm³/mol. The first-order valence-electron chi connectivity index (χ1n) is 14.1. The SMILES string of the molecule is C=CC(=O)N1CCN(c2nc(=O)n3c4c(c(-c5ccc(F)c6cnn(C)c56)c(C)cc24)SCC3CN2CCC2)CC1. The van der Waals surface area contributed by atoms with Crippen LogP contribution in [0.15, 0.2) is 46.7 Å². The minimum atomic E-state index is -0.302. The fourth-order valence-electron chi connectivity index (χ4n) is 6.52. The number of anilines is 1. The maximum absolute atomic E-state index is 14.8. The molecule has 3 aliphatic heterocycles. The number of piperazine rings is 1. The summed E-state index contributed by atoms with van der Waals surface area (Å²) >= 11 is 1.77. The van der Waals surface area contributed by atoms with Crippen LogP contribution in [0.25, 0.3) is 32.9 Å². The first kappa shape index (κ1) is 26.2. The molecule has 212 valence electrons. The van der Waals surface area contributed by atoms with Gasteiger partial charge in [-0.05, 0) is 56.3 Å². The highest BCUT2D eigenvalue weighted by molar-refractivity contribution is 7.99. The number of aryl methyl sites for hydroxylation is 2. The van der Waals surface area contributed by atoms with Crippen LogP contribution in [0.3, 0.4) is 0 Å². The minimum Gasteiger partial charge on any atom is -0.352 e. The Hall–Kier alpha value is -3.70. The second-order valence-electron chi connectivity index (χ2n) is 11.1. The number of likely N-dealkylation sites (tertiary alicyclic amines) is 1. The van der Waals surface area contributed by atoms with E-state index in [2.05, 4.69) is 34.5 Å². The van der Waals surface area contributed by atoms with Crippen LogP contribution in [-0.4, -0.2) is 86.6 Å². The zero-order valence-corrected chi connectivity index (χ0v) is 24.1. The molecule has 0 saturated carbocycles. The first-order chi connectivity index (χ1) is 19.9. The number of halogens is 1. The summed E-state index contributed by atoms with van der Waals surface area (Å²) in [5, 5.41) is 5.77. The van der Waals surface area contributed by atoms with Gasteiger partial charge in [0.15, 0.2) is 0 Å². The van der Waals surface area contributed by atoms with Crippen LogP contribution in [0.1, 0.15) is 18.0 Å². The second-order valence-corrected chi connectivity index (χ2v) is 12.2. The third kappa shape index (κ3) is 4.16. The van der Waals surface area contributed by atoms with Crippen molar-refractivity contribution in [3.05, 3.63) is 58.9 Å². The van der Waals surface area contributed by atoms with E-state index in [-0.39, 0.29) is 23.5 Å². The molecule has 2 fully saturated rings. The van der Waals surface area contributed by atoms with Crippen molar-refractivity contribution in [2.45, 2.75) is 24.3 Å². The molecular weight excluding hydrogens is 541 g/mol. The summed E-state index contributed by atoms with van der Waals surface area (Å²) < 4.78 is 18.4. The number of thioether (sulfide) groups is 1. The van der Waals surface area contributed by atoms with Crippen molar-refractivity contribution in [1.29, 1.82) is 0 Å². The number of benzene rings is 2. The normalized spacial score (nSPS) is 19.1. The molecule has 41 heavy (non-hydrogen) atoms. The van der Waals surface area contributed by atoms with Gasteiger partial charge in [0.05, 0.1) is 28.7 Å². The fraction of sp³-hybridized carbons (Fsp3) is 0.400. The summed E-state index contributed by atoms with van der Waals surface area (Å²) in [7, 11) is 1.83. The average molecular weight is 574 g/mol. The molecule has 2 saturated heterocycles. The van der Waals surface area contributed by atoms with Gasteiger partial charge >= 0.3 is 5.69 Å². The Balaban J connectivity index is 1.44. The monoisotopic (exact) mass is 573 g/mol. The van der Waals surface area contributed by atoms with Crippen molar-refractivity contribution in [3.63, 3.8) is 0 Å². The average Bonchev–Trinajstić information content (AvgIpc) is 3.35. The minimum absolute atomic E-state index is 0.00639. The number of hydrogen-bond acceptors (Lipinski definition) is 7. The number of aromatic nitrogens is 4. The van der Waals surface area contributed by atoms with E-state index in [0.717, 1.165) is 63.4 Å². The maximum atomic E-state index is 14.8. The molecule has 4 aromatic rings. The summed E-state index contributed by atoms with van der Waals surface area (Å²) in [4.78, 5) is 38.1. The standard InChI is InChI=1S/C30H32FN7O2S/c1-4-24(39)36-10-12-37(13-11-36)29-21-14-18(2)25(20-6-7-23(31)22-15-32-34(3)26(20)22)28-27(21)38(30(40)33-29)19(17-41-28)16-35-8-5-9-35/h4,6-7,14-15,19H,1,5,8-13,16-17H2,2-3H3. The summed E-state index contributed by atoms with van der Waals surface area (Å²) in [5.41, 5.74) is 4.32. The van der Waals surface area contributed by atoms with Crippen molar-refractivity contribution in [3.8, 4) is 11.1 Å². The van der Waals surface area contributed by atoms with Gasteiger partial charge in [-0.3, -0.25) is 14.0 Å². The maximum Gasteiger partial charge on any atom is 0.350 e. The Morgan fingerprint density at radius 1 is 1.15 bits per heavy atom. The van der Waals surface area contributed by atoms with Gasteiger partial charge in [0.2, 0.25) is 5.91 Å². The molecule has 1 amide bonds. The van der Waals surface area contributed by atoms with Gasteiger partial charge in [-0.2, -0.15) is 10.1 Å². The molecule has 11 heteroatoms. The molecule has 0 aliphatic carbocycles. The molecule has 0 radical (unpaired) electrons. The summed E-state index contributed by atoms with van der Waals surface area (Å²) in [5.74, 6) is 1.04. The van der Waals surface area contributed by atoms with Crippen molar-refractivity contribution in [2.24, 2.45) is 7.05 Å². The predicted octanol–water partition coefficient (Wildman–Crippen LogP) is 3.58. The Morgan fingerprint density at radius 3 is 2.63 bits per heavy atom. The van der Waals surface area contributed by atoms with E-state index in [0.29, 0.717) is 37.4 Å². The lowest BCUT2D eigenvalue weighted by Crippen LogP contribution is -2.49. The number of fused-ring (bicyclic) bond motifs is 1. The first-order valence-corrected chi connectivity index (χ1v) is 15.1. The van der Waals surface area contributed by atoms with E-state index in [1.54, 1.807) is 27.5 Å². The number of amides is 1. The number of carbonyl (C=O) groups excluding carboxylic acids is 1. The largest absolute Gasteiger partial charge is 0.352 e. The zero-order chi connectivity index (χ0) is 28.4. The number of rotatable bonds is 5. The van der Waals surface area contributed by atoms with Crippen LogP contribution in [0.4, 0.5) is 10.2 Å². The second kappa shape index (κ2) is 9.99. The molecular formula is C30H32FN7O2S. The third-order valence-electron chi connectivity index (χ3n) is 8.73. The molecule has 5 heterocycles. The lowest BCUT2D eigenvalue weighted by Gasteiger charge is -2.38. The van der Waals surface area contributed by atoms with E-state index in [4.69, 9.17) is 4.98 Å². The zero-order valence-electron chi connectivity index (χ0n) is 23.3. The highest BCUT2D eigenvalue weighted by Crippen LogP contribution is 2.47. The molecule has 7 rings (SSSR count). The molecule has 3 aliphatic rings. The van der Waals surface area contributed by atoms with Crippen molar-refractivity contribution < 1.29 is 9.18 Å². The van der Waals surface area contributed by atoms with E-state index in [1.807, 2.05) is 17.7 Å². The van der Waals surface area contributed by atoms with Crippen LogP contribution in [0.5, 0.6) is 0 Å². The molecule has 1 atom stereocenters.